The molecule has 1 aromatic heterocycles. The van der Waals surface area contributed by atoms with Gasteiger partial charge in [-0.25, -0.2) is 9.97 Å². The summed E-state index contributed by atoms with van der Waals surface area (Å²) in [6, 6.07) is 0. The van der Waals surface area contributed by atoms with Gasteiger partial charge < -0.3 is 10.2 Å². The molecule has 4 aliphatic carbocycles. The number of nitrogens with zero attached hydrogens (tertiary/aromatic N) is 3. The van der Waals surface area contributed by atoms with E-state index >= 15 is 0 Å². The van der Waals surface area contributed by atoms with E-state index in [1.54, 1.807) is 6.33 Å². The van der Waals surface area contributed by atoms with Gasteiger partial charge in [0.1, 0.15) is 12.1 Å². The first-order chi connectivity index (χ1) is 13.3. The number of carbonyl (C=O) groups is 1. The van der Waals surface area contributed by atoms with E-state index in [1.807, 2.05) is 25.7 Å². The highest BCUT2D eigenvalue weighted by molar-refractivity contribution is 5.81. The van der Waals surface area contributed by atoms with Crippen molar-refractivity contribution in [3.63, 3.8) is 0 Å². The summed E-state index contributed by atoms with van der Waals surface area (Å²) in [6.07, 6.45) is 11.2. The molecule has 0 saturated heterocycles. The molecule has 1 N–H and O–H groups in total. The SMILES string of the molecule is CC(C)(C)C(=O)N1CCc2c(ncnc2NCC23CC4CC(CC(C4)C2)C3)C1. The number of nitrogens with one attached hydrogen (secondary N) is 1. The van der Waals surface area contributed by atoms with E-state index < -0.39 is 0 Å². The third kappa shape index (κ3) is 3.21. The van der Waals surface area contributed by atoms with Crippen molar-refractivity contribution in [2.24, 2.45) is 28.6 Å². The maximum Gasteiger partial charge on any atom is 0.228 e. The molecule has 5 heteroatoms. The quantitative estimate of drug-likeness (QED) is 0.857. The van der Waals surface area contributed by atoms with Crippen LogP contribution in [0.1, 0.15) is 70.6 Å². The predicted octanol–water partition coefficient (Wildman–Crippen LogP) is 4.04. The van der Waals surface area contributed by atoms with Crippen LogP contribution in [0.5, 0.6) is 0 Å². The Kier molecular flexibility index (Phi) is 4.22. The van der Waals surface area contributed by atoms with Gasteiger partial charge in [-0.2, -0.15) is 0 Å². The molecule has 4 fully saturated rings. The van der Waals surface area contributed by atoms with Crippen molar-refractivity contribution in [1.29, 1.82) is 0 Å². The Hall–Kier alpha value is -1.65. The van der Waals surface area contributed by atoms with E-state index in [1.165, 1.54) is 44.1 Å². The lowest BCUT2D eigenvalue weighted by Gasteiger charge is -2.57. The maximum atomic E-state index is 12.7. The molecule has 0 spiro atoms. The Labute approximate surface area is 168 Å². The molecule has 4 saturated carbocycles. The fourth-order valence-electron chi connectivity index (χ4n) is 6.93. The van der Waals surface area contributed by atoms with Crippen LogP contribution in [0.15, 0.2) is 6.33 Å². The summed E-state index contributed by atoms with van der Waals surface area (Å²) in [5.74, 6) is 4.15. The molecule has 28 heavy (non-hydrogen) atoms. The minimum atomic E-state index is -0.343. The van der Waals surface area contributed by atoms with Crippen LogP contribution in [-0.2, 0) is 17.8 Å². The van der Waals surface area contributed by atoms with E-state index in [-0.39, 0.29) is 11.3 Å². The maximum absolute atomic E-state index is 12.7. The van der Waals surface area contributed by atoms with Crippen molar-refractivity contribution < 1.29 is 4.79 Å². The van der Waals surface area contributed by atoms with Crippen LogP contribution in [0.25, 0.3) is 0 Å². The largest absolute Gasteiger partial charge is 0.369 e. The van der Waals surface area contributed by atoms with E-state index in [0.717, 1.165) is 48.8 Å². The average Bonchev–Trinajstić information content (AvgIpc) is 2.63. The first-order valence-electron chi connectivity index (χ1n) is 11.2. The summed E-state index contributed by atoms with van der Waals surface area (Å²) in [6.45, 7) is 8.41. The van der Waals surface area contributed by atoms with Gasteiger partial charge >= 0.3 is 0 Å². The lowest BCUT2D eigenvalue weighted by molar-refractivity contribution is -0.140. The Bertz CT molecular complexity index is 746. The van der Waals surface area contributed by atoms with Gasteiger partial charge in [-0.05, 0) is 68.1 Å². The summed E-state index contributed by atoms with van der Waals surface area (Å²) >= 11 is 0. The number of anilines is 1. The van der Waals surface area contributed by atoms with Gasteiger partial charge in [0.2, 0.25) is 5.91 Å². The predicted molar refractivity (Wildman–Crippen MR) is 110 cm³/mol. The van der Waals surface area contributed by atoms with Gasteiger partial charge in [0.05, 0.1) is 12.2 Å². The molecule has 5 nitrogen and oxygen atoms in total. The Morgan fingerprint density at radius 1 is 1.14 bits per heavy atom. The molecule has 2 heterocycles. The number of fused-ring (bicyclic) bond motifs is 1. The third-order valence-electron chi connectivity index (χ3n) is 7.73. The Balaban J connectivity index is 1.30. The molecule has 4 bridgehead atoms. The zero-order chi connectivity index (χ0) is 19.5. The molecule has 0 radical (unpaired) electrons. The Morgan fingerprint density at radius 2 is 1.79 bits per heavy atom. The number of amides is 1. The van der Waals surface area contributed by atoms with E-state index in [9.17, 15) is 4.79 Å². The average molecular weight is 383 g/mol. The molecular formula is C23H34N4O. The normalized spacial score (nSPS) is 33.7. The number of hydrogen-bond donors (Lipinski definition) is 1. The standard InChI is InChI=1S/C23H34N4O/c1-22(2,3)21(28)27-5-4-18-19(12-27)25-14-26-20(18)24-13-23-9-15-6-16(10-23)8-17(7-15)11-23/h14-17H,4-13H2,1-3H3,(H,24,25,26). The first-order valence-corrected chi connectivity index (χ1v) is 11.2. The summed E-state index contributed by atoms with van der Waals surface area (Å²) in [7, 11) is 0. The topological polar surface area (TPSA) is 58.1 Å². The molecule has 0 atom stereocenters. The highest BCUT2D eigenvalue weighted by atomic mass is 16.2. The Morgan fingerprint density at radius 3 is 2.39 bits per heavy atom. The molecule has 152 valence electrons. The fourth-order valence-corrected chi connectivity index (χ4v) is 6.93. The molecule has 1 aliphatic heterocycles. The van der Waals surface area contributed by atoms with Crippen LogP contribution >= 0.6 is 0 Å². The molecule has 0 unspecified atom stereocenters. The highest BCUT2D eigenvalue weighted by Crippen LogP contribution is 2.59. The first kappa shape index (κ1) is 18.4. The molecule has 6 rings (SSSR count). The van der Waals surface area contributed by atoms with Crippen LogP contribution in [0.3, 0.4) is 0 Å². The molecular weight excluding hydrogens is 348 g/mol. The molecule has 1 amide bonds. The summed E-state index contributed by atoms with van der Waals surface area (Å²) < 4.78 is 0. The van der Waals surface area contributed by atoms with Crippen molar-refractivity contribution in [3.05, 3.63) is 17.6 Å². The minimum Gasteiger partial charge on any atom is -0.369 e. The number of carbonyl (C=O) groups excluding carboxylic acids is 1. The van der Waals surface area contributed by atoms with Gasteiger partial charge in [0.15, 0.2) is 0 Å². The van der Waals surface area contributed by atoms with Crippen LogP contribution in [0.2, 0.25) is 0 Å². The van der Waals surface area contributed by atoms with Gasteiger partial charge in [-0.15, -0.1) is 0 Å². The summed E-state index contributed by atoms with van der Waals surface area (Å²) in [5.41, 5.74) is 2.40. The van der Waals surface area contributed by atoms with E-state index in [0.29, 0.717) is 12.0 Å². The molecule has 5 aliphatic rings. The third-order valence-corrected chi connectivity index (χ3v) is 7.73. The highest BCUT2D eigenvalue weighted by Gasteiger charge is 2.50. The van der Waals surface area contributed by atoms with Gasteiger partial charge in [-0.1, -0.05) is 20.8 Å². The summed E-state index contributed by atoms with van der Waals surface area (Å²) in [5, 5.41) is 3.75. The minimum absolute atomic E-state index is 0.208. The second-order valence-electron chi connectivity index (χ2n) is 11.1. The lowest BCUT2D eigenvalue weighted by atomic mass is 9.49. The van der Waals surface area contributed by atoms with Gasteiger partial charge in [0.25, 0.3) is 0 Å². The molecule has 0 aromatic carbocycles. The zero-order valence-corrected chi connectivity index (χ0v) is 17.6. The van der Waals surface area contributed by atoms with Crippen LogP contribution < -0.4 is 5.32 Å². The van der Waals surface area contributed by atoms with Crippen molar-refractivity contribution in [2.75, 3.05) is 18.4 Å². The van der Waals surface area contributed by atoms with Crippen molar-refractivity contribution in [1.82, 2.24) is 14.9 Å². The number of rotatable bonds is 3. The van der Waals surface area contributed by atoms with Crippen LogP contribution in [0, 0.1) is 28.6 Å². The van der Waals surface area contributed by atoms with Crippen molar-refractivity contribution in [3.8, 4) is 0 Å². The van der Waals surface area contributed by atoms with E-state index in [2.05, 4.69) is 15.3 Å². The number of aromatic nitrogens is 2. The smallest absolute Gasteiger partial charge is 0.228 e. The van der Waals surface area contributed by atoms with Crippen molar-refractivity contribution in [2.45, 2.75) is 72.3 Å². The van der Waals surface area contributed by atoms with Gasteiger partial charge in [-0.3, -0.25) is 4.79 Å². The zero-order valence-electron chi connectivity index (χ0n) is 17.6. The summed E-state index contributed by atoms with van der Waals surface area (Å²) in [4.78, 5) is 23.7. The fraction of sp³-hybridized carbons (Fsp3) is 0.783. The van der Waals surface area contributed by atoms with Crippen LogP contribution in [0.4, 0.5) is 5.82 Å². The van der Waals surface area contributed by atoms with E-state index in [4.69, 9.17) is 0 Å². The van der Waals surface area contributed by atoms with Crippen molar-refractivity contribution >= 4 is 11.7 Å². The second-order valence-corrected chi connectivity index (χ2v) is 11.1. The monoisotopic (exact) mass is 382 g/mol. The molecule has 1 aromatic rings. The van der Waals surface area contributed by atoms with Gasteiger partial charge in [0, 0.05) is 24.1 Å². The second kappa shape index (κ2) is 6.43. The lowest BCUT2D eigenvalue weighted by Crippen LogP contribution is -2.49. The number of hydrogen-bond acceptors (Lipinski definition) is 4. The van der Waals surface area contributed by atoms with Crippen LogP contribution in [-0.4, -0.2) is 33.9 Å².